The summed E-state index contributed by atoms with van der Waals surface area (Å²) in [7, 11) is 1.63. The summed E-state index contributed by atoms with van der Waals surface area (Å²) in [5.74, 6) is 1.12. The summed E-state index contributed by atoms with van der Waals surface area (Å²) in [6, 6.07) is 14.0. The number of anilines is 1. The Balaban J connectivity index is 1.66. The highest BCUT2D eigenvalue weighted by Crippen LogP contribution is 2.43. The van der Waals surface area contributed by atoms with E-state index in [1.165, 1.54) is 11.3 Å². The molecular formula is C25H33N3O2. The van der Waals surface area contributed by atoms with Gasteiger partial charge in [-0.3, -0.25) is 4.79 Å². The standard InChI is InChI=1S/C25H33N3O2/c1-6-13-28-23-12-9-20(14-22(23)18(2)16-25(28,3)4)17-26-27-24(29)15-19-7-10-21(30-5)11-8-19/h7-12,14,17-18H,6,13,15-16H2,1-5H3,(H,27,29)/b26-17+. The van der Waals surface area contributed by atoms with Gasteiger partial charge in [0.2, 0.25) is 5.91 Å². The third-order valence-corrected chi connectivity index (χ3v) is 5.78. The smallest absolute Gasteiger partial charge is 0.244 e. The van der Waals surface area contributed by atoms with Crippen LogP contribution in [0, 0.1) is 0 Å². The highest BCUT2D eigenvalue weighted by molar-refractivity contribution is 5.84. The van der Waals surface area contributed by atoms with Crippen molar-refractivity contribution in [1.82, 2.24) is 5.43 Å². The van der Waals surface area contributed by atoms with Gasteiger partial charge in [0, 0.05) is 17.8 Å². The van der Waals surface area contributed by atoms with Crippen LogP contribution in [0.2, 0.25) is 0 Å². The second-order valence-corrected chi connectivity index (χ2v) is 8.71. The van der Waals surface area contributed by atoms with Gasteiger partial charge in [-0.15, -0.1) is 0 Å². The van der Waals surface area contributed by atoms with Crippen molar-refractivity contribution >= 4 is 17.8 Å². The minimum Gasteiger partial charge on any atom is -0.497 e. The van der Waals surface area contributed by atoms with Gasteiger partial charge in [0.25, 0.3) is 0 Å². The maximum Gasteiger partial charge on any atom is 0.244 e. The van der Waals surface area contributed by atoms with E-state index in [4.69, 9.17) is 4.74 Å². The number of nitrogens with zero attached hydrogens (tertiary/aromatic N) is 2. The molecule has 0 saturated heterocycles. The number of fused-ring (bicyclic) bond motifs is 1. The number of methoxy groups -OCH3 is 1. The molecule has 160 valence electrons. The minimum absolute atomic E-state index is 0.140. The molecule has 1 aliphatic heterocycles. The van der Waals surface area contributed by atoms with E-state index in [9.17, 15) is 4.79 Å². The monoisotopic (exact) mass is 407 g/mol. The fraction of sp³-hybridized carbons (Fsp3) is 0.440. The van der Waals surface area contributed by atoms with E-state index in [2.05, 4.69) is 61.3 Å². The van der Waals surface area contributed by atoms with Crippen LogP contribution < -0.4 is 15.1 Å². The van der Waals surface area contributed by atoms with Crippen LogP contribution in [0.3, 0.4) is 0 Å². The largest absolute Gasteiger partial charge is 0.497 e. The Bertz CT molecular complexity index is 903. The quantitative estimate of drug-likeness (QED) is 0.525. The van der Waals surface area contributed by atoms with Crippen molar-refractivity contribution in [2.75, 3.05) is 18.6 Å². The van der Waals surface area contributed by atoms with Gasteiger partial charge in [-0.2, -0.15) is 5.10 Å². The van der Waals surface area contributed by atoms with Crippen molar-refractivity contribution in [3.63, 3.8) is 0 Å². The molecule has 5 heteroatoms. The first-order chi connectivity index (χ1) is 14.3. The van der Waals surface area contributed by atoms with E-state index in [0.717, 1.165) is 36.3 Å². The van der Waals surface area contributed by atoms with Crippen molar-refractivity contribution in [3.8, 4) is 5.75 Å². The molecule has 2 aromatic carbocycles. The van der Waals surface area contributed by atoms with Gasteiger partial charge in [0.15, 0.2) is 0 Å². The first kappa shape index (κ1) is 21.9. The average Bonchev–Trinajstić information content (AvgIpc) is 2.71. The van der Waals surface area contributed by atoms with Crippen LogP contribution >= 0.6 is 0 Å². The predicted molar refractivity (Wildman–Crippen MR) is 124 cm³/mol. The first-order valence-corrected chi connectivity index (χ1v) is 10.7. The SMILES string of the molecule is CCCN1c2ccc(/C=N/NC(=O)Cc3ccc(OC)cc3)cc2C(C)CC1(C)C. The average molecular weight is 408 g/mol. The number of benzene rings is 2. The first-order valence-electron chi connectivity index (χ1n) is 10.7. The summed E-state index contributed by atoms with van der Waals surface area (Å²) >= 11 is 0. The second-order valence-electron chi connectivity index (χ2n) is 8.71. The van der Waals surface area contributed by atoms with Gasteiger partial charge in [0.1, 0.15) is 5.75 Å². The van der Waals surface area contributed by atoms with Crippen LogP contribution in [0.1, 0.15) is 63.1 Å². The summed E-state index contributed by atoms with van der Waals surface area (Å²) in [5.41, 5.74) is 7.39. The molecule has 0 spiro atoms. The highest BCUT2D eigenvalue weighted by Gasteiger charge is 2.35. The molecule has 1 unspecified atom stereocenters. The Morgan fingerprint density at radius 1 is 1.27 bits per heavy atom. The summed E-state index contributed by atoms with van der Waals surface area (Å²) in [5, 5.41) is 4.17. The Morgan fingerprint density at radius 2 is 2.00 bits per heavy atom. The van der Waals surface area contributed by atoms with Gasteiger partial charge >= 0.3 is 0 Å². The van der Waals surface area contributed by atoms with Crippen LogP contribution in [0.25, 0.3) is 0 Å². The second kappa shape index (κ2) is 9.33. The van der Waals surface area contributed by atoms with Crippen molar-refractivity contribution in [3.05, 3.63) is 59.2 Å². The Hall–Kier alpha value is -2.82. The maximum atomic E-state index is 12.2. The lowest BCUT2D eigenvalue weighted by molar-refractivity contribution is -0.120. The fourth-order valence-corrected chi connectivity index (χ4v) is 4.38. The zero-order valence-electron chi connectivity index (χ0n) is 18.7. The molecule has 0 saturated carbocycles. The third kappa shape index (κ3) is 5.02. The molecule has 2 aromatic rings. The number of carbonyl (C=O) groups is 1. The van der Waals surface area contributed by atoms with Gasteiger partial charge in [0.05, 0.1) is 19.7 Å². The van der Waals surface area contributed by atoms with Gasteiger partial charge in [-0.25, -0.2) is 5.43 Å². The molecule has 0 aromatic heterocycles. The lowest BCUT2D eigenvalue weighted by Gasteiger charge is -2.47. The Labute approximate surface area is 180 Å². The maximum absolute atomic E-state index is 12.2. The molecule has 0 fully saturated rings. The fourth-order valence-electron chi connectivity index (χ4n) is 4.38. The number of ether oxygens (including phenoxy) is 1. The molecular weight excluding hydrogens is 374 g/mol. The Morgan fingerprint density at radius 3 is 2.67 bits per heavy atom. The number of hydrogen-bond donors (Lipinski definition) is 1. The van der Waals surface area contributed by atoms with Crippen molar-refractivity contribution in [1.29, 1.82) is 0 Å². The van der Waals surface area contributed by atoms with Crippen molar-refractivity contribution in [2.24, 2.45) is 5.10 Å². The zero-order chi connectivity index (χ0) is 21.7. The van der Waals surface area contributed by atoms with Crippen LogP contribution in [0.15, 0.2) is 47.6 Å². The van der Waals surface area contributed by atoms with Crippen LogP contribution in [-0.2, 0) is 11.2 Å². The molecule has 30 heavy (non-hydrogen) atoms. The zero-order valence-corrected chi connectivity index (χ0v) is 18.7. The van der Waals surface area contributed by atoms with Gasteiger partial charge in [-0.05, 0) is 73.6 Å². The summed E-state index contributed by atoms with van der Waals surface area (Å²) in [6.07, 6.45) is 4.26. The van der Waals surface area contributed by atoms with Crippen molar-refractivity contribution < 1.29 is 9.53 Å². The molecule has 0 radical (unpaired) electrons. The number of carbonyl (C=O) groups excluding carboxylic acids is 1. The van der Waals surface area contributed by atoms with E-state index in [-0.39, 0.29) is 17.9 Å². The van der Waals surface area contributed by atoms with E-state index < -0.39 is 0 Å². The predicted octanol–water partition coefficient (Wildman–Crippen LogP) is 4.89. The molecule has 0 aliphatic carbocycles. The highest BCUT2D eigenvalue weighted by atomic mass is 16.5. The molecule has 1 N–H and O–H groups in total. The summed E-state index contributed by atoms with van der Waals surface area (Å²) in [4.78, 5) is 14.7. The number of rotatable bonds is 7. The Kier molecular flexibility index (Phi) is 6.80. The number of amides is 1. The molecule has 1 amide bonds. The number of hydrogen-bond acceptors (Lipinski definition) is 4. The van der Waals surface area contributed by atoms with E-state index >= 15 is 0 Å². The van der Waals surface area contributed by atoms with E-state index in [1.807, 2.05) is 24.3 Å². The van der Waals surface area contributed by atoms with Crippen LogP contribution in [0.5, 0.6) is 5.75 Å². The molecule has 5 nitrogen and oxygen atoms in total. The summed E-state index contributed by atoms with van der Waals surface area (Å²) in [6.45, 7) is 10.2. The summed E-state index contributed by atoms with van der Waals surface area (Å²) < 4.78 is 5.14. The van der Waals surface area contributed by atoms with Gasteiger partial charge in [-0.1, -0.05) is 32.0 Å². The van der Waals surface area contributed by atoms with Crippen molar-refractivity contribution in [2.45, 2.75) is 58.4 Å². The lowest BCUT2D eigenvalue weighted by Crippen LogP contribution is -2.48. The third-order valence-electron chi connectivity index (χ3n) is 5.78. The molecule has 1 aliphatic rings. The number of nitrogens with one attached hydrogen (secondary N) is 1. The number of hydrazone groups is 1. The lowest BCUT2D eigenvalue weighted by atomic mass is 9.79. The van der Waals surface area contributed by atoms with Crippen LogP contribution in [-0.4, -0.2) is 31.3 Å². The van der Waals surface area contributed by atoms with Crippen LogP contribution in [0.4, 0.5) is 5.69 Å². The normalized spacial score (nSPS) is 17.6. The molecule has 1 atom stereocenters. The molecule has 0 bridgehead atoms. The minimum atomic E-state index is -0.140. The molecule has 3 rings (SSSR count). The molecule has 1 heterocycles. The van der Waals surface area contributed by atoms with E-state index in [0.29, 0.717) is 5.92 Å². The topological polar surface area (TPSA) is 53.9 Å². The van der Waals surface area contributed by atoms with E-state index in [1.54, 1.807) is 13.3 Å². The van der Waals surface area contributed by atoms with Gasteiger partial charge < -0.3 is 9.64 Å².